The Morgan fingerprint density at radius 2 is 1.94 bits per heavy atom. The van der Waals surface area contributed by atoms with Crippen LogP contribution >= 0.6 is 0 Å². The molecule has 0 radical (unpaired) electrons. The van der Waals surface area contributed by atoms with E-state index in [1.165, 1.54) is 24.0 Å². The Morgan fingerprint density at radius 3 is 2.65 bits per heavy atom. The average molecular weight is 420 g/mol. The van der Waals surface area contributed by atoms with Gasteiger partial charge in [-0.1, -0.05) is 25.1 Å². The van der Waals surface area contributed by atoms with E-state index < -0.39 is 0 Å². The highest BCUT2D eigenvalue weighted by atomic mass is 19.1. The smallest absolute Gasteiger partial charge is 0.254 e. The maximum atomic E-state index is 13.4. The number of nitrogens with zero attached hydrogens (tertiary/aromatic N) is 4. The molecule has 1 saturated heterocycles. The fourth-order valence-electron chi connectivity index (χ4n) is 3.73. The number of hydrogen-bond acceptors (Lipinski definition) is 5. The molecule has 0 unspecified atom stereocenters. The molecule has 2 aromatic carbocycles. The molecule has 0 aliphatic carbocycles. The van der Waals surface area contributed by atoms with Crippen LogP contribution in [0.4, 0.5) is 10.2 Å². The highest BCUT2D eigenvalue weighted by Crippen LogP contribution is 2.25. The Morgan fingerprint density at radius 1 is 1.13 bits per heavy atom. The molecule has 1 aromatic heterocycles. The third kappa shape index (κ3) is 4.82. The molecule has 1 amide bonds. The average Bonchev–Trinajstić information content (AvgIpc) is 2.79. The number of aromatic nitrogens is 2. The van der Waals surface area contributed by atoms with E-state index in [2.05, 4.69) is 21.8 Å². The van der Waals surface area contributed by atoms with Gasteiger partial charge in [0.15, 0.2) is 0 Å². The first-order valence-electron chi connectivity index (χ1n) is 10.4. The van der Waals surface area contributed by atoms with E-state index in [9.17, 15) is 9.18 Å². The van der Waals surface area contributed by atoms with Crippen molar-refractivity contribution in [2.75, 3.05) is 24.5 Å². The Balaban J connectivity index is 1.43. The van der Waals surface area contributed by atoms with Crippen LogP contribution in [0.25, 0.3) is 0 Å². The van der Waals surface area contributed by atoms with E-state index in [1.54, 1.807) is 18.2 Å². The molecule has 1 atom stereocenters. The van der Waals surface area contributed by atoms with Gasteiger partial charge in [0.25, 0.3) is 5.91 Å². The molecule has 160 valence electrons. The lowest BCUT2D eigenvalue weighted by atomic mass is 10.1. The molecule has 0 N–H and O–H groups in total. The Labute approximate surface area is 181 Å². The topological polar surface area (TPSA) is 58.6 Å². The zero-order valence-electron chi connectivity index (χ0n) is 17.7. The molecule has 6 nitrogen and oxygen atoms in total. The summed E-state index contributed by atoms with van der Waals surface area (Å²) in [6, 6.07) is 15.5. The third-order valence-electron chi connectivity index (χ3n) is 5.47. The van der Waals surface area contributed by atoms with Gasteiger partial charge in [0, 0.05) is 43.4 Å². The van der Waals surface area contributed by atoms with Crippen molar-refractivity contribution in [2.24, 2.45) is 0 Å². The number of anilines is 1. The summed E-state index contributed by atoms with van der Waals surface area (Å²) < 4.78 is 19.1. The van der Waals surface area contributed by atoms with Crippen molar-refractivity contribution in [2.45, 2.75) is 26.3 Å². The summed E-state index contributed by atoms with van der Waals surface area (Å²) in [6.45, 7) is 6.03. The van der Waals surface area contributed by atoms with Crippen molar-refractivity contribution in [1.29, 1.82) is 0 Å². The molecule has 31 heavy (non-hydrogen) atoms. The largest absolute Gasteiger partial charge is 0.439 e. The molecule has 7 heteroatoms. The van der Waals surface area contributed by atoms with E-state index in [4.69, 9.17) is 4.74 Å². The first kappa shape index (κ1) is 20.8. The number of piperazine rings is 1. The molecule has 1 aliphatic rings. The number of ether oxygens (including phenoxy) is 1. The predicted molar refractivity (Wildman–Crippen MR) is 117 cm³/mol. The van der Waals surface area contributed by atoms with Crippen LogP contribution in [-0.4, -0.2) is 46.5 Å². The normalized spacial score (nSPS) is 16.3. The van der Waals surface area contributed by atoms with E-state index in [-0.39, 0.29) is 17.8 Å². The highest BCUT2D eigenvalue weighted by Gasteiger charge is 2.29. The van der Waals surface area contributed by atoms with Crippen LogP contribution < -0.4 is 9.64 Å². The molecular weight excluding hydrogens is 395 g/mol. The van der Waals surface area contributed by atoms with Crippen molar-refractivity contribution in [3.8, 4) is 11.6 Å². The van der Waals surface area contributed by atoms with Gasteiger partial charge in [0.05, 0.1) is 0 Å². The Kier molecular flexibility index (Phi) is 6.11. The summed E-state index contributed by atoms with van der Waals surface area (Å²) >= 11 is 0. The maximum Gasteiger partial charge on any atom is 0.254 e. The Bertz CT molecular complexity index is 1060. The van der Waals surface area contributed by atoms with E-state index in [0.717, 1.165) is 6.42 Å². The molecule has 0 saturated carbocycles. The van der Waals surface area contributed by atoms with Gasteiger partial charge in [0.1, 0.15) is 23.7 Å². The summed E-state index contributed by atoms with van der Waals surface area (Å²) in [4.78, 5) is 25.5. The minimum absolute atomic E-state index is 0.0228. The van der Waals surface area contributed by atoms with Gasteiger partial charge in [-0.05, 0) is 43.2 Å². The Hall–Kier alpha value is -3.48. The molecule has 0 bridgehead atoms. The number of benzene rings is 2. The van der Waals surface area contributed by atoms with Crippen LogP contribution in [0.3, 0.4) is 0 Å². The van der Waals surface area contributed by atoms with Gasteiger partial charge in [-0.25, -0.2) is 14.4 Å². The molecular formula is C24H25FN4O2. The van der Waals surface area contributed by atoms with Crippen LogP contribution in [0.5, 0.6) is 11.6 Å². The van der Waals surface area contributed by atoms with Gasteiger partial charge in [-0.2, -0.15) is 0 Å². The van der Waals surface area contributed by atoms with Gasteiger partial charge >= 0.3 is 0 Å². The molecule has 4 rings (SSSR count). The van der Waals surface area contributed by atoms with Gasteiger partial charge in [-0.3, -0.25) is 4.79 Å². The van der Waals surface area contributed by atoms with E-state index in [1.807, 2.05) is 36.1 Å². The van der Waals surface area contributed by atoms with Crippen LogP contribution in [0.15, 0.2) is 60.9 Å². The summed E-state index contributed by atoms with van der Waals surface area (Å²) in [6.07, 6.45) is 2.38. The second kappa shape index (κ2) is 9.12. The third-order valence-corrected chi connectivity index (χ3v) is 5.47. The number of aryl methyl sites for hydroxylation is 1. The van der Waals surface area contributed by atoms with Crippen LogP contribution in [0.2, 0.25) is 0 Å². The summed E-state index contributed by atoms with van der Waals surface area (Å²) in [7, 11) is 0. The fraction of sp³-hybridized carbons (Fsp3) is 0.292. The van der Waals surface area contributed by atoms with Gasteiger partial charge in [-0.15, -0.1) is 0 Å². The fourth-order valence-corrected chi connectivity index (χ4v) is 3.73. The molecule has 1 aliphatic heterocycles. The molecule has 2 heterocycles. The first-order valence-corrected chi connectivity index (χ1v) is 10.4. The molecule has 0 spiro atoms. The van der Waals surface area contributed by atoms with Crippen molar-refractivity contribution >= 4 is 11.7 Å². The lowest BCUT2D eigenvalue weighted by molar-refractivity contribution is 0.0673. The number of rotatable bonds is 5. The van der Waals surface area contributed by atoms with Crippen molar-refractivity contribution in [1.82, 2.24) is 14.9 Å². The summed E-state index contributed by atoms with van der Waals surface area (Å²) in [5.74, 6) is 1.12. The minimum atomic E-state index is -0.370. The number of carbonyl (C=O) groups excluding carboxylic acids is 1. The van der Waals surface area contributed by atoms with Crippen molar-refractivity contribution in [3.05, 3.63) is 77.9 Å². The van der Waals surface area contributed by atoms with E-state index >= 15 is 0 Å². The number of hydrogen-bond donors (Lipinski definition) is 0. The monoisotopic (exact) mass is 420 g/mol. The summed E-state index contributed by atoms with van der Waals surface area (Å²) in [5.41, 5.74) is 1.93. The van der Waals surface area contributed by atoms with Crippen molar-refractivity contribution in [3.63, 3.8) is 0 Å². The predicted octanol–water partition coefficient (Wildman–Crippen LogP) is 4.32. The zero-order valence-corrected chi connectivity index (χ0v) is 17.7. The highest BCUT2D eigenvalue weighted by molar-refractivity contribution is 5.94. The quantitative estimate of drug-likeness (QED) is 0.615. The van der Waals surface area contributed by atoms with Gasteiger partial charge in [0.2, 0.25) is 5.88 Å². The number of halogens is 1. The van der Waals surface area contributed by atoms with Gasteiger partial charge < -0.3 is 14.5 Å². The van der Waals surface area contributed by atoms with Crippen LogP contribution in [0, 0.1) is 5.82 Å². The second-order valence-corrected chi connectivity index (χ2v) is 7.62. The zero-order chi connectivity index (χ0) is 21.8. The first-order chi connectivity index (χ1) is 15.0. The SMILES string of the molecule is CCc1ccc(C(=O)N2CCN(c3cc(Oc4cccc(F)c4)ncn3)C[C@H]2C)cc1. The second-order valence-electron chi connectivity index (χ2n) is 7.62. The lowest BCUT2D eigenvalue weighted by Crippen LogP contribution is -2.54. The number of carbonyl (C=O) groups is 1. The van der Waals surface area contributed by atoms with Crippen LogP contribution in [-0.2, 0) is 6.42 Å². The molecule has 1 fully saturated rings. The van der Waals surface area contributed by atoms with E-state index in [0.29, 0.717) is 42.6 Å². The standard InChI is InChI=1S/C24H25FN4O2/c1-3-18-7-9-19(10-8-18)24(30)29-12-11-28(15-17(29)2)22-14-23(27-16-26-22)31-21-6-4-5-20(25)13-21/h4-10,13-14,16-17H,3,11-12,15H2,1-2H3/t17-/m1/s1. The lowest BCUT2D eigenvalue weighted by Gasteiger charge is -2.40. The summed E-state index contributed by atoms with van der Waals surface area (Å²) in [5, 5.41) is 0. The maximum absolute atomic E-state index is 13.4. The number of amides is 1. The minimum Gasteiger partial charge on any atom is -0.439 e. The van der Waals surface area contributed by atoms with Crippen molar-refractivity contribution < 1.29 is 13.9 Å². The van der Waals surface area contributed by atoms with Crippen LogP contribution in [0.1, 0.15) is 29.8 Å². The molecule has 3 aromatic rings.